The van der Waals surface area contributed by atoms with Crippen molar-refractivity contribution in [2.75, 3.05) is 0 Å². The van der Waals surface area contributed by atoms with Crippen molar-refractivity contribution >= 4 is 11.8 Å². The van der Waals surface area contributed by atoms with Gasteiger partial charge in [-0.25, -0.2) is 4.39 Å². The molecular weight excluding hydrogens is 343 g/mol. The molecule has 1 saturated heterocycles. The van der Waals surface area contributed by atoms with E-state index in [4.69, 9.17) is 0 Å². The Hall–Kier alpha value is -2.69. The van der Waals surface area contributed by atoms with Crippen molar-refractivity contribution in [1.29, 1.82) is 0 Å². The molecule has 2 fully saturated rings. The van der Waals surface area contributed by atoms with Gasteiger partial charge < -0.3 is 10.2 Å². The lowest BCUT2D eigenvalue weighted by molar-refractivity contribution is -0.168. The minimum Gasteiger partial charge on any atom is -0.350 e. The highest BCUT2D eigenvalue weighted by Gasteiger charge is 2.52. The van der Waals surface area contributed by atoms with Crippen LogP contribution in [-0.2, 0) is 16.1 Å². The van der Waals surface area contributed by atoms with Gasteiger partial charge in [-0.1, -0.05) is 55.3 Å². The average molecular weight is 366 g/mol. The predicted molar refractivity (Wildman–Crippen MR) is 100 cm³/mol. The molecule has 0 aromatic heterocycles. The number of benzene rings is 2. The van der Waals surface area contributed by atoms with Crippen LogP contribution in [0, 0.1) is 11.7 Å². The highest BCUT2D eigenvalue weighted by Crippen LogP contribution is 2.43. The zero-order valence-corrected chi connectivity index (χ0v) is 15.1. The Balaban J connectivity index is 1.58. The van der Waals surface area contributed by atoms with E-state index in [9.17, 15) is 14.0 Å². The van der Waals surface area contributed by atoms with E-state index < -0.39 is 11.9 Å². The number of likely N-dealkylation sites (tertiary alicyclic amines) is 1. The Kier molecular flexibility index (Phi) is 4.92. The van der Waals surface area contributed by atoms with Gasteiger partial charge in [-0.05, 0) is 36.1 Å². The maximum Gasteiger partial charge on any atom is 0.247 e. The number of halogens is 1. The first-order valence-corrected chi connectivity index (χ1v) is 9.54. The first kappa shape index (κ1) is 17.7. The van der Waals surface area contributed by atoms with Crippen LogP contribution in [0.2, 0.25) is 0 Å². The third kappa shape index (κ3) is 3.46. The van der Waals surface area contributed by atoms with Crippen molar-refractivity contribution in [2.45, 2.75) is 44.3 Å². The fraction of sp³-hybridized carbons (Fsp3) is 0.364. The number of nitrogens with one attached hydrogen (secondary N) is 1. The number of carbonyl (C=O) groups is 2. The van der Waals surface area contributed by atoms with Gasteiger partial charge in [0.1, 0.15) is 11.9 Å². The molecule has 1 heterocycles. The van der Waals surface area contributed by atoms with Crippen LogP contribution < -0.4 is 5.32 Å². The molecule has 140 valence electrons. The summed E-state index contributed by atoms with van der Waals surface area (Å²) in [6.45, 7) is 0.377. The molecule has 2 amide bonds. The zero-order valence-electron chi connectivity index (χ0n) is 15.1. The molecule has 27 heavy (non-hydrogen) atoms. The van der Waals surface area contributed by atoms with Gasteiger partial charge in [0.2, 0.25) is 11.8 Å². The maximum absolute atomic E-state index is 13.8. The van der Waals surface area contributed by atoms with E-state index in [-0.39, 0.29) is 23.8 Å². The molecule has 2 aromatic carbocycles. The highest BCUT2D eigenvalue weighted by molar-refractivity contribution is 5.93. The summed E-state index contributed by atoms with van der Waals surface area (Å²) in [5, 5.41) is 2.93. The van der Waals surface area contributed by atoms with Crippen LogP contribution in [0.25, 0.3) is 0 Å². The van der Waals surface area contributed by atoms with E-state index in [2.05, 4.69) is 5.32 Å². The molecule has 1 aliphatic carbocycles. The normalized spacial score (nSPS) is 22.6. The van der Waals surface area contributed by atoms with Crippen LogP contribution in [0.3, 0.4) is 0 Å². The largest absolute Gasteiger partial charge is 0.350 e. The molecular formula is C22H23FN2O2. The van der Waals surface area contributed by atoms with Crippen molar-refractivity contribution in [3.05, 3.63) is 71.5 Å². The van der Waals surface area contributed by atoms with Gasteiger partial charge in [0, 0.05) is 12.6 Å². The number of fused-ring (bicyclic) bond motifs is 1. The van der Waals surface area contributed by atoms with E-state index in [1.165, 1.54) is 12.1 Å². The lowest BCUT2D eigenvalue weighted by Gasteiger charge is -2.52. The minimum atomic E-state index is -0.781. The molecule has 4 nitrogen and oxygen atoms in total. The molecule has 2 aliphatic rings. The second-order valence-corrected chi connectivity index (χ2v) is 7.36. The van der Waals surface area contributed by atoms with Crippen molar-refractivity contribution in [3.8, 4) is 0 Å². The van der Waals surface area contributed by atoms with Gasteiger partial charge in [0.15, 0.2) is 0 Å². The van der Waals surface area contributed by atoms with E-state index >= 15 is 0 Å². The van der Waals surface area contributed by atoms with Crippen LogP contribution in [-0.4, -0.2) is 22.8 Å². The average Bonchev–Trinajstić information content (AvgIpc) is 2.70. The molecule has 3 atom stereocenters. The monoisotopic (exact) mass is 366 g/mol. The van der Waals surface area contributed by atoms with E-state index in [1.807, 2.05) is 30.3 Å². The Morgan fingerprint density at radius 1 is 1.11 bits per heavy atom. The Morgan fingerprint density at radius 3 is 2.67 bits per heavy atom. The number of β-lactam (4-membered cyclic amide) rings is 1. The first-order chi connectivity index (χ1) is 13.1. The molecule has 0 spiro atoms. The third-order valence-electron chi connectivity index (χ3n) is 5.66. The second kappa shape index (κ2) is 7.51. The molecule has 0 bridgehead atoms. The third-order valence-corrected chi connectivity index (χ3v) is 5.66. The molecule has 1 aliphatic heterocycles. The summed E-state index contributed by atoms with van der Waals surface area (Å²) in [4.78, 5) is 27.5. The van der Waals surface area contributed by atoms with Crippen molar-refractivity contribution in [3.63, 3.8) is 0 Å². The van der Waals surface area contributed by atoms with Gasteiger partial charge in [-0.15, -0.1) is 0 Å². The lowest BCUT2D eigenvalue weighted by atomic mass is 9.74. The number of rotatable bonds is 5. The van der Waals surface area contributed by atoms with Crippen LogP contribution >= 0.6 is 0 Å². The van der Waals surface area contributed by atoms with Crippen molar-refractivity contribution in [1.82, 2.24) is 10.2 Å². The van der Waals surface area contributed by atoms with Crippen LogP contribution in [0.1, 0.15) is 42.9 Å². The SMILES string of the molecule is O=C(NCc1ccccc1)C(c1cccc(F)c1)N1C(=O)[C@@H]2CCCC[C@@H]21. The quantitative estimate of drug-likeness (QED) is 0.822. The van der Waals surface area contributed by atoms with Crippen LogP contribution in [0.15, 0.2) is 54.6 Å². The number of nitrogens with zero attached hydrogens (tertiary/aromatic N) is 1. The molecule has 1 N–H and O–H groups in total. The first-order valence-electron chi connectivity index (χ1n) is 9.54. The van der Waals surface area contributed by atoms with Gasteiger partial charge in [0.25, 0.3) is 0 Å². The minimum absolute atomic E-state index is 0.0174. The van der Waals surface area contributed by atoms with Gasteiger partial charge >= 0.3 is 0 Å². The fourth-order valence-corrected chi connectivity index (χ4v) is 4.32. The summed E-state index contributed by atoms with van der Waals surface area (Å²) in [6, 6.07) is 14.9. The summed E-state index contributed by atoms with van der Waals surface area (Å²) in [5.74, 6) is -0.621. The lowest BCUT2D eigenvalue weighted by Crippen LogP contribution is -2.64. The van der Waals surface area contributed by atoms with Crippen molar-refractivity contribution < 1.29 is 14.0 Å². The fourth-order valence-electron chi connectivity index (χ4n) is 4.32. The molecule has 0 radical (unpaired) electrons. The summed E-state index contributed by atoms with van der Waals surface area (Å²) in [6.07, 6.45) is 3.92. The second-order valence-electron chi connectivity index (χ2n) is 7.36. The zero-order chi connectivity index (χ0) is 18.8. The summed E-state index contributed by atoms with van der Waals surface area (Å²) in [5.41, 5.74) is 1.51. The number of carbonyl (C=O) groups excluding carboxylic acids is 2. The van der Waals surface area contributed by atoms with Crippen LogP contribution in [0.5, 0.6) is 0 Å². The Morgan fingerprint density at radius 2 is 1.89 bits per heavy atom. The summed E-state index contributed by atoms with van der Waals surface area (Å²) >= 11 is 0. The van der Waals surface area contributed by atoms with E-state index in [0.29, 0.717) is 12.1 Å². The Bertz CT molecular complexity index is 839. The van der Waals surface area contributed by atoms with Crippen molar-refractivity contribution in [2.24, 2.45) is 5.92 Å². The highest BCUT2D eigenvalue weighted by atomic mass is 19.1. The number of amides is 2. The van der Waals surface area contributed by atoms with E-state index in [0.717, 1.165) is 31.2 Å². The Labute approximate surface area is 158 Å². The standard InChI is InChI=1S/C22H23FN2O2/c23-17-10-6-9-16(13-17)20(21(26)24-14-15-7-2-1-3-8-15)25-19-12-5-4-11-18(19)22(25)27/h1-3,6-10,13,18-20H,4-5,11-12,14H2,(H,24,26)/t18-,19+,20?/m1/s1. The summed E-state index contributed by atoms with van der Waals surface area (Å²) < 4.78 is 13.8. The van der Waals surface area contributed by atoms with Gasteiger partial charge in [-0.2, -0.15) is 0 Å². The number of hydrogen-bond acceptors (Lipinski definition) is 2. The topological polar surface area (TPSA) is 49.4 Å². The van der Waals surface area contributed by atoms with Gasteiger partial charge in [0.05, 0.1) is 5.92 Å². The molecule has 1 unspecified atom stereocenters. The smallest absolute Gasteiger partial charge is 0.247 e. The molecule has 1 saturated carbocycles. The number of hydrogen-bond donors (Lipinski definition) is 1. The molecule has 4 rings (SSSR count). The van der Waals surface area contributed by atoms with E-state index in [1.54, 1.807) is 17.0 Å². The van der Waals surface area contributed by atoms with Gasteiger partial charge in [-0.3, -0.25) is 9.59 Å². The molecule has 2 aromatic rings. The maximum atomic E-state index is 13.8. The summed E-state index contributed by atoms with van der Waals surface area (Å²) in [7, 11) is 0. The predicted octanol–water partition coefficient (Wildman–Crippen LogP) is 3.58. The molecule has 5 heteroatoms. The van der Waals surface area contributed by atoms with Crippen LogP contribution in [0.4, 0.5) is 4.39 Å².